The number of aromatic nitrogens is 3. The van der Waals surface area contributed by atoms with Gasteiger partial charge in [0.2, 0.25) is 11.9 Å². The van der Waals surface area contributed by atoms with Crippen molar-refractivity contribution in [2.75, 3.05) is 30.3 Å². The second kappa shape index (κ2) is 10.0. The third-order valence-electron chi connectivity index (χ3n) is 6.00. The van der Waals surface area contributed by atoms with Crippen LogP contribution in [0.4, 0.5) is 11.9 Å². The van der Waals surface area contributed by atoms with Crippen LogP contribution in [0.1, 0.15) is 40.4 Å². The van der Waals surface area contributed by atoms with Gasteiger partial charge in [-0.25, -0.2) is 9.89 Å². The Hall–Kier alpha value is -3.10. The first-order chi connectivity index (χ1) is 15.5. The molecule has 5 N–H and O–H groups in total. The van der Waals surface area contributed by atoms with E-state index in [9.17, 15) is 9.90 Å². The van der Waals surface area contributed by atoms with Gasteiger partial charge in [0.1, 0.15) is 0 Å². The van der Waals surface area contributed by atoms with Crippen LogP contribution in [-0.4, -0.2) is 45.9 Å². The van der Waals surface area contributed by atoms with Crippen LogP contribution in [0.15, 0.2) is 48.5 Å². The van der Waals surface area contributed by atoms with E-state index in [1.54, 1.807) is 12.1 Å². The minimum absolute atomic E-state index is 0.0611. The van der Waals surface area contributed by atoms with Crippen molar-refractivity contribution in [3.05, 3.63) is 70.2 Å². The van der Waals surface area contributed by atoms with Crippen molar-refractivity contribution in [2.45, 2.75) is 25.3 Å². The maximum Gasteiger partial charge on any atom is 0.336 e. The normalized spacial score (nSPS) is 15.6. The van der Waals surface area contributed by atoms with Crippen molar-refractivity contribution < 1.29 is 9.90 Å². The Morgan fingerprint density at radius 1 is 1.22 bits per heavy atom. The number of nitrogens with one attached hydrogen (secondary N) is 2. The molecule has 4 rings (SSSR count). The van der Waals surface area contributed by atoms with Gasteiger partial charge >= 0.3 is 5.97 Å². The highest BCUT2D eigenvalue weighted by Gasteiger charge is 2.30. The number of H-pyrrole nitrogens is 1. The molecule has 1 fully saturated rings. The topological polar surface area (TPSA) is 120 Å². The summed E-state index contributed by atoms with van der Waals surface area (Å²) in [7, 11) is 0. The number of carboxylic acids is 1. The number of nitrogen functional groups attached to an aromatic ring is 1. The molecular weight excluding hydrogens is 428 g/mol. The number of carbonyl (C=O) groups is 1. The fourth-order valence-electron chi connectivity index (χ4n) is 4.36. The number of piperidine rings is 1. The molecule has 0 spiro atoms. The zero-order chi connectivity index (χ0) is 22.5. The minimum Gasteiger partial charge on any atom is -0.478 e. The van der Waals surface area contributed by atoms with Gasteiger partial charge in [0.05, 0.1) is 5.56 Å². The first-order valence-corrected chi connectivity index (χ1v) is 11.1. The number of hydrogen-bond donors (Lipinski definition) is 4. The molecule has 168 valence electrons. The summed E-state index contributed by atoms with van der Waals surface area (Å²) in [6.45, 7) is 2.30. The van der Waals surface area contributed by atoms with E-state index in [0.29, 0.717) is 17.5 Å². The van der Waals surface area contributed by atoms with Crippen LogP contribution in [0.5, 0.6) is 0 Å². The molecule has 1 saturated heterocycles. The van der Waals surface area contributed by atoms with Crippen LogP contribution in [0.2, 0.25) is 5.02 Å². The van der Waals surface area contributed by atoms with E-state index in [1.807, 2.05) is 36.4 Å². The zero-order valence-electron chi connectivity index (χ0n) is 17.7. The summed E-state index contributed by atoms with van der Waals surface area (Å²) in [5.74, 6) is 0.297. The largest absolute Gasteiger partial charge is 0.478 e. The van der Waals surface area contributed by atoms with Crippen molar-refractivity contribution in [1.29, 1.82) is 0 Å². The van der Waals surface area contributed by atoms with E-state index in [2.05, 4.69) is 25.4 Å². The Kier molecular flexibility index (Phi) is 6.92. The van der Waals surface area contributed by atoms with E-state index >= 15 is 0 Å². The second-order valence-corrected chi connectivity index (χ2v) is 8.48. The van der Waals surface area contributed by atoms with Crippen LogP contribution in [0.25, 0.3) is 0 Å². The third-order valence-corrected chi connectivity index (χ3v) is 6.25. The lowest BCUT2D eigenvalue weighted by atomic mass is 9.83. The Morgan fingerprint density at radius 2 is 1.94 bits per heavy atom. The first kappa shape index (κ1) is 22.1. The fourth-order valence-corrected chi connectivity index (χ4v) is 4.48. The molecule has 2 aromatic carbocycles. The standard InChI is InChI=1S/C23H27ClN6O2/c24-17-7-5-15(6-8-17)9-12-26-20(18-3-1-2-4-19(18)21(31)32)16-10-13-30(14-11-16)23-27-22(25)28-29-23/h1-8,16,20,26H,9-14H2,(H,31,32)(H3,25,27,28,29). The van der Waals surface area contributed by atoms with Crippen molar-refractivity contribution in [3.8, 4) is 0 Å². The van der Waals surface area contributed by atoms with Crippen LogP contribution < -0.4 is 16.0 Å². The van der Waals surface area contributed by atoms with Gasteiger partial charge in [0, 0.05) is 24.2 Å². The van der Waals surface area contributed by atoms with Gasteiger partial charge < -0.3 is 21.1 Å². The van der Waals surface area contributed by atoms with Gasteiger partial charge in [-0.2, -0.15) is 4.98 Å². The summed E-state index contributed by atoms with van der Waals surface area (Å²) < 4.78 is 0. The van der Waals surface area contributed by atoms with Gasteiger partial charge in [-0.15, -0.1) is 5.10 Å². The van der Waals surface area contributed by atoms with E-state index in [0.717, 1.165) is 49.5 Å². The molecule has 0 saturated carbocycles. The van der Waals surface area contributed by atoms with Crippen LogP contribution >= 0.6 is 11.6 Å². The minimum atomic E-state index is -0.904. The molecule has 3 aromatic rings. The van der Waals surface area contributed by atoms with Gasteiger partial charge in [-0.3, -0.25) is 0 Å². The molecule has 1 aliphatic rings. The van der Waals surface area contributed by atoms with Crippen LogP contribution in [0.3, 0.4) is 0 Å². The van der Waals surface area contributed by atoms with E-state index < -0.39 is 5.97 Å². The third kappa shape index (κ3) is 5.20. The number of nitrogens with zero attached hydrogens (tertiary/aromatic N) is 3. The molecule has 1 atom stereocenters. The molecule has 0 radical (unpaired) electrons. The molecule has 0 bridgehead atoms. The number of aromatic carboxylic acids is 1. The summed E-state index contributed by atoms with van der Waals surface area (Å²) in [6, 6.07) is 15.0. The number of nitrogens with two attached hydrogens (primary N) is 1. The second-order valence-electron chi connectivity index (χ2n) is 8.05. The molecule has 1 aromatic heterocycles. The van der Waals surface area contributed by atoms with Crippen LogP contribution in [0, 0.1) is 5.92 Å². The van der Waals surface area contributed by atoms with Crippen molar-refractivity contribution >= 4 is 29.5 Å². The summed E-state index contributed by atoms with van der Waals surface area (Å²) in [4.78, 5) is 18.2. The first-order valence-electron chi connectivity index (χ1n) is 10.7. The lowest BCUT2D eigenvalue weighted by molar-refractivity contribution is 0.0694. The smallest absolute Gasteiger partial charge is 0.336 e. The highest BCUT2D eigenvalue weighted by atomic mass is 35.5. The number of carboxylic acid groups (broad SMARTS) is 1. The molecule has 32 heavy (non-hydrogen) atoms. The SMILES string of the molecule is Nc1nc(N2CCC(C(NCCc3ccc(Cl)cc3)c3ccccc3C(=O)O)CC2)n[nH]1. The molecule has 8 nitrogen and oxygen atoms in total. The quantitative estimate of drug-likeness (QED) is 0.411. The molecule has 0 aliphatic carbocycles. The average molecular weight is 455 g/mol. The number of rotatable bonds is 8. The molecule has 9 heteroatoms. The maximum absolute atomic E-state index is 11.9. The average Bonchev–Trinajstić information content (AvgIpc) is 3.24. The van der Waals surface area contributed by atoms with E-state index in [4.69, 9.17) is 17.3 Å². The summed E-state index contributed by atoms with van der Waals surface area (Å²) in [6.07, 6.45) is 2.61. The summed E-state index contributed by atoms with van der Waals surface area (Å²) in [5.41, 5.74) is 8.03. The van der Waals surface area contributed by atoms with E-state index in [-0.39, 0.29) is 12.0 Å². The Labute approximate surface area is 191 Å². The van der Waals surface area contributed by atoms with Gasteiger partial charge in [-0.1, -0.05) is 41.9 Å². The molecule has 0 amide bonds. The molecule has 1 unspecified atom stereocenters. The monoisotopic (exact) mass is 454 g/mol. The van der Waals surface area contributed by atoms with E-state index in [1.165, 1.54) is 5.56 Å². The number of anilines is 2. The number of aromatic amines is 1. The Bertz CT molecular complexity index is 1050. The van der Waals surface area contributed by atoms with Gasteiger partial charge in [0.15, 0.2) is 0 Å². The summed E-state index contributed by atoms with van der Waals surface area (Å²) >= 11 is 5.99. The van der Waals surface area contributed by atoms with Crippen LogP contribution in [-0.2, 0) is 6.42 Å². The fraction of sp³-hybridized carbons (Fsp3) is 0.348. The Morgan fingerprint density at radius 3 is 2.59 bits per heavy atom. The Balaban J connectivity index is 1.49. The highest BCUT2D eigenvalue weighted by Crippen LogP contribution is 2.33. The number of halogens is 1. The number of hydrogen-bond acceptors (Lipinski definition) is 6. The zero-order valence-corrected chi connectivity index (χ0v) is 18.4. The molecular formula is C23H27ClN6O2. The van der Waals surface area contributed by atoms with Gasteiger partial charge in [-0.05, 0) is 61.1 Å². The predicted octanol–water partition coefficient (Wildman–Crippen LogP) is 3.53. The maximum atomic E-state index is 11.9. The number of benzene rings is 2. The molecule has 1 aliphatic heterocycles. The van der Waals surface area contributed by atoms with Crippen molar-refractivity contribution in [1.82, 2.24) is 20.5 Å². The molecule has 2 heterocycles. The highest BCUT2D eigenvalue weighted by molar-refractivity contribution is 6.30. The van der Waals surface area contributed by atoms with Crippen molar-refractivity contribution in [3.63, 3.8) is 0 Å². The van der Waals surface area contributed by atoms with Crippen molar-refractivity contribution in [2.24, 2.45) is 5.92 Å². The predicted molar refractivity (Wildman–Crippen MR) is 125 cm³/mol. The lowest BCUT2D eigenvalue weighted by Gasteiger charge is -2.36. The lowest BCUT2D eigenvalue weighted by Crippen LogP contribution is -2.40. The summed E-state index contributed by atoms with van der Waals surface area (Å²) in [5, 5.41) is 21.0. The van der Waals surface area contributed by atoms with Gasteiger partial charge in [0.25, 0.3) is 0 Å².